The zero-order valence-corrected chi connectivity index (χ0v) is 11.3. The summed E-state index contributed by atoms with van der Waals surface area (Å²) in [6.07, 6.45) is -4.58. The van der Waals surface area contributed by atoms with Crippen LogP contribution >= 0.6 is 7.82 Å². The molecule has 1 saturated heterocycles. The number of phosphoric ester groups is 1. The van der Waals surface area contributed by atoms with E-state index in [0.717, 1.165) is 16.8 Å². The number of H-pyrrole nitrogens is 1. The van der Waals surface area contributed by atoms with Crippen molar-refractivity contribution in [1.82, 2.24) is 9.55 Å². The fourth-order valence-electron chi connectivity index (χ4n) is 1.89. The first kappa shape index (κ1) is 27.9. The van der Waals surface area contributed by atoms with Crippen LogP contribution in [0.2, 0.25) is 0 Å². The number of hydrogen-bond acceptors (Lipinski definition) is 7. The third-order valence-corrected chi connectivity index (χ3v) is 3.35. The van der Waals surface area contributed by atoms with Gasteiger partial charge in [-0.1, -0.05) is 0 Å². The number of phosphoric acid groups is 1. The summed E-state index contributed by atoms with van der Waals surface area (Å²) < 4.78 is 20.8. The Kier molecular flexibility index (Phi) is 13.4. The van der Waals surface area contributed by atoms with Crippen molar-refractivity contribution in [2.24, 2.45) is 0 Å². The Morgan fingerprint density at radius 3 is 2.29 bits per heavy atom. The van der Waals surface area contributed by atoms with Crippen molar-refractivity contribution >= 4 is 96.5 Å². The Morgan fingerprint density at radius 2 is 1.79 bits per heavy atom. The SMILES string of the molecule is O=c1ccn([C@@H]2O[C@H](COP(=O)(O)O)[C@@H](O)[C@H]2O)c(=O)[nH]1.[NaH].[NaH].[NaH]. The normalized spacial score (nSPS) is 26.0. The zero-order chi connectivity index (χ0) is 15.8. The summed E-state index contributed by atoms with van der Waals surface area (Å²) in [5.74, 6) is 0. The number of nitrogens with one attached hydrogen (secondary N) is 1. The Balaban J connectivity index is 0. The van der Waals surface area contributed by atoms with E-state index < -0.39 is 50.2 Å². The maximum atomic E-state index is 11.6. The molecule has 15 heteroatoms. The number of hydrogen-bond donors (Lipinski definition) is 5. The molecular weight excluding hydrogens is 380 g/mol. The van der Waals surface area contributed by atoms with Gasteiger partial charge in [-0.15, -0.1) is 0 Å². The monoisotopic (exact) mass is 396 g/mol. The van der Waals surface area contributed by atoms with E-state index in [4.69, 9.17) is 14.5 Å². The minimum atomic E-state index is -4.76. The van der Waals surface area contributed by atoms with Gasteiger partial charge in [0.25, 0.3) is 5.56 Å². The third kappa shape index (κ3) is 7.35. The van der Waals surface area contributed by atoms with Gasteiger partial charge in [0.2, 0.25) is 0 Å². The number of nitrogens with zero attached hydrogens (tertiary/aromatic N) is 1. The van der Waals surface area contributed by atoms with Crippen molar-refractivity contribution in [3.05, 3.63) is 33.1 Å². The second-order valence-corrected chi connectivity index (χ2v) is 5.59. The first-order valence-electron chi connectivity index (χ1n) is 5.72. The van der Waals surface area contributed by atoms with Gasteiger partial charge in [-0.2, -0.15) is 0 Å². The molecule has 1 aliphatic rings. The molecule has 24 heavy (non-hydrogen) atoms. The van der Waals surface area contributed by atoms with E-state index in [1.54, 1.807) is 0 Å². The number of aromatic amines is 1. The standard InChI is InChI=1S/C9H13N2O9P.3Na.3H/c12-5-1-2-11(9(15)10-5)8-7(14)6(13)4(20-8)3-19-21(16,17)18;;;;;;/h1-2,4,6-8,13-14H,3H2,(H,10,12,15)(H2,16,17,18);;;;;;/t4-,6-,7-,8-;;;;;;/m1....../s1. The van der Waals surface area contributed by atoms with Crippen molar-refractivity contribution < 1.29 is 33.8 Å². The molecule has 0 spiro atoms. The van der Waals surface area contributed by atoms with E-state index in [2.05, 4.69) is 4.52 Å². The summed E-state index contributed by atoms with van der Waals surface area (Å²) in [6.45, 7) is -0.683. The predicted molar refractivity (Wildman–Crippen MR) is 86.7 cm³/mol. The van der Waals surface area contributed by atoms with E-state index in [0.29, 0.717) is 0 Å². The van der Waals surface area contributed by atoms with Crippen LogP contribution in [-0.4, -0.2) is 143 Å². The van der Waals surface area contributed by atoms with Gasteiger partial charge in [0, 0.05) is 12.3 Å². The molecule has 0 bridgehead atoms. The molecule has 11 nitrogen and oxygen atoms in total. The summed E-state index contributed by atoms with van der Waals surface area (Å²) in [7, 11) is -4.76. The maximum absolute atomic E-state index is 11.6. The Labute approximate surface area is 201 Å². The van der Waals surface area contributed by atoms with E-state index in [1.807, 2.05) is 4.98 Å². The molecule has 0 saturated carbocycles. The van der Waals surface area contributed by atoms with E-state index in [1.165, 1.54) is 0 Å². The molecule has 0 amide bonds. The van der Waals surface area contributed by atoms with Crippen LogP contribution in [-0.2, 0) is 13.8 Å². The molecule has 1 aromatic heterocycles. The van der Waals surface area contributed by atoms with Gasteiger partial charge in [0.15, 0.2) is 6.23 Å². The Hall–Kier alpha value is 1.67. The van der Waals surface area contributed by atoms with Gasteiger partial charge in [-0.05, 0) is 0 Å². The predicted octanol–water partition coefficient (Wildman–Crippen LogP) is -4.68. The van der Waals surface area contributed by atoms with Crippen LogP contribution in [0, 0.1) is 0 Å². The van der Waals surface area contributed by atoms with Gasteiger partial charge in [-0.3, -0.25) is 18.9 Å². The molecule has 124 valence electrons. The van der Waals surface area contributed by atoms with Crippen LogP contribution in [0.15, 0.2) is 21.9 Å². The average molecular weight is 396 g/mol. The van der Waals surface area contributed by atoms with E-state index in [9.17, 15) is 24.4 Å². The molecule has 0 unspecified atom stereocenters. The number of rotatable bonds is 4. The molecule has 2 rings (SSSR count). The summed E-state index contributed by atoms with van der Waals surface area (Å²) in [5, 5.41) is 19.6. The van der Waals surface area contributed by atoms with Gasteiger partial charge in [-0.25, -0.2) is 9.36 Å². The molecule has 0 radical (unpaired) electrons. The fourth-order valence-corrected chi connectivity index (χ4v) is 2.24. The summed E-state index contributed by atoms with van der Waals surface area (Å²) in [4.78, 5) is 41.6. The summed E-state index contributed by atoms with van der Waals surface area (Å²) >= 11 is 0. The molecule has 1 aromatic rings. The number of aromatic nitrogens is 2. The Morgan fingerprint density at radius 1 is 1.21 bits per heavy atom. The summed E-state index contributed by atoms with van der Waals surface area (Å²) in [6, 6.07) is 1.02. The van der Waals surface area contributed by atoms with Crippen LogP contribution < -0.4 is 11.2 Å². The zero-order valence-electron chi connectivity index (χ0n) is 10.4. The van der Waals surface area contributed by atoms with Gasteiger partial charge in [0.05, 0.1) is 6.61 Å². The first-order chi connectivity index (χ1) is 9.69. The minimum absolute atomic E-state index is 0. The van der Waals surface area contributed by atoms with Gasteiger partial charge >= 0.3 is 102 Å². The van der Waals surface area contributed by atoms with E-state index in [-0.39, 0.29) is 88.7 Å². The molecule has 0 aliphatic carbocycles. The molecule has 4 atom stereocenters. The molecule has 0 aromatic carbocycles. The molecule has 5 N–H and O–H groups in total. The number of aliphatic hydroxyl groups is 2. The van der Waals surface area contributed by atoms with Crippen LogP contribution in [0.1, 0.15) is 6.23 Å². The van der Waals surface area contributed by atoms with Crippen LogP contribution in [0.25, 0.3) is 0 Å². The van der Waals surface area contributed by atoms with Crippen molar-refractivity contribution in [2.75, 3.05) is 6.61 Å². The van der Waals surface area contributed by atoms with Crippen molar-refractivity contribution in [3.63, 3.8) is 0 Å². The molecule has 1 aliphatic heterocycles. The number of ether oxygens (including phenoxy) is 1. The third-order valence-electron chi connectivity index (χ3n) is 2.87. The topological polar surface area (TPSA) is 171 Å². The van der Waals surface area contributed by atoms with Crippen LogP contribution in [0.5, 0.6) is 0 Å². The van der Waals surface area contributed by atoms with Crippen molar-refractivity contribution in [3.8, 4) is 0 Å². The van der Waals surface area contributed by atoms with Crippen LogP contribution in [0.3, 0.4) is 0 Å². The second kappa shape index (κ2) is 11.5. The quantitative estimate of drug-likeness (QED) is 0.248. The Bertz CT molecular complexity index is 677. The summed E-state index contributed by atoms with van der Waals surface area (Å²) in [5.41, 5.74) is -1.51. The molecular formula is C9H16N2Na3O9P. The number of aliphatic hydroxyl groups excluding tert-OH is 2. The van der Waals surface area contributed by atoms with E-state index >= 15 is 0 Å². The van der Waals surface area contributed by atoms with Gasteiger partial charge in [0.1, 0.15) is 18.3 Å². The molecule has 1 fully saturated rings. The van der Waals surface area contributed by atoms with Gasteiger partial charge < -0.3 is 24.7 Å². The first-order valence-corrected chi connectivity index (χ1v) is 7.25. The second-order valence-electron chi connectivity index (χ2n) is 4.35. The molecule has 2 heterocycles. The average Bonchev–Trinajstić information content (AvgIpc) is 2.64. The fraction of sp³-hybridized carbons (Fsp3) is 0.556. The van der Waals surface area contributed by atoms with Crippen LogP contribution in [0.4, 0.5) is 0 Å². The van der Waals surface area contributed by atoms with Crippen molar-refractivity contribution in [2.45, 2.75) is 24.5 Å². The van der Waals surface area contributed by atoms with Crippen molar-refractivity contribution in [1.29, 1.82) is 0 Å².